The van der Waals surface area contributed by atoms with Crippen molar-refractivity contribution in [1.82, 2.24) is 0 Å². The monoisotopic (exact) mass is 353 g/mol. The van der Waals surface area contributed by atoms with E-state index in [0.29, 0.717) is 18.0 Å². The molecule has 0 spiro atoms. The van der Waals surface area contributed by atoms with Crippen LogP contribution in [-0.4, -0.2) is 16.6 Å². The van der Waals surface area contributed by atoms with Gasteiger partial charge in [0, 0.05) is 26.9 Å². The predicted octanol–water partition coefficient (Wildman–Crippen LogP) is 3.61. The number of nitrogens with two attached hydrogens (primary N) is 1. The van der Waals surface area contributed by atoms with E-state index in [1.165, 1.54) is 0 Å². The number of halogens is 1. The van der Waals surface area contributed by atoms with Gasteiger partial charge in [0.2, 0.25) is 0 Å². The summed E-state index contributed by atoms with van der Waals surface area (Å²) in [5.41, 5.74) is 6.35. The van der Waals surface area contributed by atoms with Crippen LogP contribution in [0.1, 0.15) is 6.42 Å². The molecule has 20 heavy (non-hydrogen) atoms. The number of rotatable bonds is 6. The fourth-order valence-corrected chi connectivity index (χ4v) is 3.01. The normalized spacial score (nSPS) is 12.1. The summed E-state index contributed by atoms with van der Waals surface area (Å²) in [5.74, 6) is 1.34. The molecule has 0 aromatic heterocycles. The summed E-state index contributed by atoms with van der Waals surface area (Å²) < 4.78 is 18.6. The fraction of sp³-hybridized carbons (Fsp3) is 0.200. The molecule has 3 nitrogen and oxygen atoms in total. The number of hydrogen-bond acceptors (Lipinski definition) is 3. The average molecular weight is 354 g/mol. The quantitative estimate of drug-likeness (QED) is 0.637. The van der Waals surface area contributed by atoms with Gasteiger partial charge >= 0.3 is 0 Å². The first kappa shape index (κ1) is 15.1. The molecule has 0 radical (unpaired) electrons. The molecule has 0 aliphatic rings. The minimum absolute atomic E-state index is 0.533. The minimum Gasteiger partial charge on any atom is -0.493 e. The summed E-state index contributed by atoms with van der Waals surface area (Å²) in [4.78, 5) is 0.845. The summed E-state index contributed by atoms with van der Waals surface area (Å²) in [6, 6.07) is 14.9. The van der Waals surface area contributed by atoms with Crippen LogP contribution in [0.3, 0.4) is 0 Å². The number of benzene rings is 2. The standard InChI is InChI=1S/C15H16BrNO2S/c16-12-5-7-15(8-6-12)20(18)10-2-9-19-14-4-1-3-13(17)11-14/h1,3-8,11H,2,9-10,17H2. The summed E-state index contributed by atoms with van der Waals surface area (Å²) in [5, 5.41) is 0. The second-order valence-electron chi connectivity index (χ2n) is 4.28. The van der Waals surface area contributed by atoms with E-state index in [9.17, 15) is 4.21 Å². The van der Waals surface area contributed by atoms with E-state index in [2.05, 4.69) is 15.9 Å². The Morgan fingerprint density at radius 2 is 1.90 bits per heavy atom. The maximum atomic E-state index is 12.0. The number of hydrogen-bond donors (Lipinski definition) is 1. The molecule has 0 saturated carbocycles. The highest BCUT2D eigenvalue weighted by Gasteiger charge is 2.03. The van der Waals surface area contributed by atoms with Crippen LogP contribution in [0, 0.1) is 0 Å². The number of ether oxygens (including phenoxy) is 1. The molecule has 0 bridgehead atoms. The highest BCUT2D eigenvalue weighted by molar-refractivity contribution is 9.10. The lowest BCUT2D eigenvalue weighted by atomic mass is 10.3. The van der Waals surface area contributed by atoms with E-state index >= 15 is 0 Å². The molecule has 0 amide bonds. The van der Waals surface area contributed by atoms with E-state index in [-0.39, 0.29) is 0 Å². The van der Waals surface area contributed by atoms with E-state index in [4.69, 9.17) is 10.5 Å². The van der Waals surface area contributed by atoms with Crippen molar-refractivity contribution in [3.8, 4) is 5.75 Å². The van der Waals surface area contributed by atoms with Crippen LogP contribution in [0.25, 0.3) is 0 Å². The van der Waals surface area contributed by atoms with Gasteiger partial charge in [0.1, 0.15) is 5.75 Å². The van der Waals surface area contributed by atoms with Gasteiger partial charge in [-0.15, -0.1) is 0 Å². The molecule has 1 unspecified atom stereocenters. The van der Waals surface area contributed by atoms with Crippen LogP contribution in [-0.2, 0) is 10.8 Å². The van der Waals surface area contributed by atoms with Crippen molar-refractivity contribution in [2.24, 2.45) is 0 Å². The fourth-order valence-electron chi connectivity index (χ4n) is 1.69. The second-order valence-corrected chi connectivity index (χ2v) is 6.76. The maximum absolute atomic E-state index is 12.0. The third-order valence-corrected chi connectivity index (χ3v) is 4.66. The zero-order valence-electron chi connectivity index (χ0n) is 10.9. The summed E-state index contributed by atoms with van der Waals surface area (Å²) in [7, 11) is -0.979. The lowest BCUT2D eigenvalue weighted by molar-refractivity contribution is 0.318. The predicted molar refractivity (Wildman–Crippen MR) is 86.4 cm³/mol. The molecule has 0 aliphatic heterocycles. The van der Waals surface area contributed by atoms with Gasteiger partial charge in [-0.3, -0.25) is 4.21 Å². The van der Waals surface area contributed by atoms with Crippen molar-refractivity contribution in [2.75, 3.05) is 18.1 Å². The zero-order valence-corrected chi connectivity index (χ0v) is 13.3. The summed E-state index contributed by atoms with van der Waals surface area (Å²) in [6.07, 6.45) is 0.734. The highest BCUT2D eigenvalue weighted by Crippen LogP contribution is 2.16. The summed E-state index contributed by atoms with van der Waals surface area (Å²) >= 11 is 3.36. The minimum atomic E-state index is -0.979. The average Bonchev–Trinajstić information content (AvgIpc) is 2.44. The van der Waals surface area contributed by atoms with Gasteiger partial charge in [-0.05, 0) is 42.8 Å². The third kappa shape index (κ3) is 4.65. The van der Waals surface area contributed by atoms with E-state index < -0.39 is 10.8 Å². The van der Waals surface area contributed by atoms with E-state index in [0.717, 1.165) is 21.5 Å². The molecule has 106 valence electrons. The van der Waals surface area contributed by atoms with E-state index in [1.54, 1.807) is 6.07 Å². The van der Waals surface area contributed by atoms with Crippen LogP contribution in [0.2, 0.25) is 0 Å². The first-order valence-corrected chi connectivity index (χ1v) is 8.38. The molecule has 0 fully saturated rings. The molecule has 2 N–H and O–H groups in total. The molecule has 2 rings (SSSR count). The third-order valence-electron chi connectivity index (χ3n) is 2.68. The van der Waals surface area contributed by atoms with Gasteiger partial charge in [0.15, 0.2) is 0 Å². The van der Waals surface area contributed by atoms with Crippen molar-refractivity contribution in [2.45, 2.75) is 11.3 Å². The lowest BCUT2D eigenvalue weighted by Crippen LogP contribution is -2.05. The Morgan fingerprint density at radius 3 is 2.60 bits per heavy atom. The number of nitrogen functional groups attached to an aromatic ring is 1. The maximum Gasteiger partial charge on any atom is 0.121 e. The second kappa shape index (κ2) is 7.45. The van der Waals surface area contributed by atoms with Crippen molar-refractivity contribution in [3.05, 3.63) is 53.0 Å². The Kier molecular flexibility index (Phi) is 5.61. The van der Waals surface area contributed by atoms with Crippen molar-refractivity contribution >= 4 is 32.4 Å². The SMILES string of the molecule is Nc1cccc(OCCCS(=O)c2ccc(Br)cc2)c1. The molecule has 5 heteroatoms. The van der Waals surface area contributed by atoms with Crippen molar-refractivity contribution < 1.29 is 8.95 Å². The Labute approximate surface area is 129 Å². The first-order valence-electron chi connectivity index (χ1n) is 6.27. The molecular weight excluding hydrogens is 338 g/mol. The molecule has 0 heterocycles. The van der Waals surface area contributed by atoms with Gasteiger partial charge in [-0.2, -0.15) is 0 Å². The smallest absolute Gasteiger partial charge is 0.121 e. The van der Waals surface area contributed by atoms with Crippen LogP contribution >= 0.6 is 15.9 Å². The van der Waals surface area contributed by atoms with Gasteiger partial charge in [0.25, 0.3) is 0 Å². The molecule has 2 aromatic carbocycles. The van der Waals surface area contributed by atoms with Crippen LogP contribution < -0.4 is 10.5 Å². The largest absolute Gasteiger partial charge is 0.493 e. The zero-order chi connectivity index (χ0) is 14.4. The Hall–Kier alpha value is -1.33. The van der Waals surface area contributed by atoms with Crippen molar-refractivity contribution in [1.29, 1.82) is 0 Å². The Balaban J connectivity index is 1.76. The lowest BCUT2D eigenvalue weighted by Gasteiger charge is -2.07. The van der Waals surface area contributed by atoms with Gasteiger partial charge in [0.05, 0.1) is 17.4 Å². The Morgan fingerprint density at radius 1 is 1.15 bits per heavy atom. The molecule has 0 saturated heterocycles. The molecular formula is C15H16BrNO2S. The molecule has 0 aliphatic carbocycles. The molecule has 2 aromatic rings. The highest BCUT2D eigenvalue weighted by atomic mass is 79.9. The van der Waals surface area contributed by atoms with E-state index in [1.807, 2.05) is 42.5 Å². The van der Waals surface area contributed by atoms with Crippen LogP contribution in [0.15, 0.2) is 57.9 Å². The van der Waals surface area contributed by atoms with Crippen LogP contribution in [0.5, 0.6) is 5.75 Å². The van der Waals surface area contributed by atoms with Crippen molar-refractivity contribution in [3.63, 3.8) is 0 Å². The summed E-state index contributed by atoms with van der Waals surface area (Å²) in [6.45, 7) is 0.533. The Bertz CT molecular complexity index is 587. The molecule has 1 atom stereocenters. The van der Waals surface area contributed by atoms with Gasteiger partial charge in [-0.1, -0.05) is 22.0 Å². The topological polar surface area (TPSA) is 52.3 Å². The first-order chi connectivity index (χ1) is 9.65. The van der Waals surface area contributed by atoms with Gasteiger partial charge < -0.3 is 10.5 Å². The van der Waals surface area contributed by atoms with Gasteiger partial charge in [-0.25, -0.2) is 0 Å². The number of anilines is 1. The van der Waals surface area contributed by atoms with Crippen LogP contribution in [0.4, 0.5) is 5.69 Å².